The van der Waals surface area contributed by atoms with Crippen molar-refractivity contribution in [2.24, 2.45) is 0 Å². The van der Waals surface area contributed by atoms with Gasteiger partial charge in [-0.1, -0.05) is 18.2 Å². The van der Waals surface area contributed by atoms with Crippen LogP contribution in [0.4, 0.5) is 0 Å². The van der Waals surface area contributed by atoms with E-state index in [1.807, 2.05) is 18.2 Å². The van der Waals surface area contributed by atoms with Gasteiger partial charge in [0.2, 0.25) is 8.17 Å². The topological polar surface area (TPSA) is 42.3 Å². The van der Waals surface area contributed by atoms with Gasteiger partial charge < -0.3 is 9.05 Å². The van der Waals surface area contributed by atoms with E-state index in [9.17, 15) is 0 Å². The molecule has 1 aromatic carbocycles. The van der Waals surface area contributed by atoms with Crippen LogP contribution in [0.1, 0.15) is 0 Å². The Hall–Kier alpha value is -0.790. The molecule has 0 radical (unpaired) electrons. The molecule has 0 saturated heterocycles. The Bertz CT molecular complexity index is 237. The van der Waals surface area contributed by atoms with Crippen LogP contribution in [0.2, 0.25) is 0 Å². The lowest BCUT2D eigenvalue weighted by molar-refractivity contribution is 0.403. The first-order valence-electron chi connectivity index (χ1n) is 3.18. The Balaban J connectivity index is 2.58. The Morgan fingerprint density at radius 3 is 2.45 bits per heavy atom. The summed E-state index contributed by atoms with van der Waals surface area (Å²) in [5, 5.41) is 7.22. The molecular weight excluding hydrogens is 161 g/mol. The van der Waals surface area contributed by atoms with Gasteiger partial charge in [0, 0.05) is 7.11 Å². The zero-order chi connectivity index (χ0) is 8.10. The number of para-hydroxylation sites is 1. The highest BCUT2D eigenvalue weighted by molar-refractivity contribution is 7.35. The number of rotatable bonds is 3. The monoisotopic (exact) mass is 171 g/mol. The first-order valence-corrected chi connectivity index (χ1v) is 4.50. The summed E-state index contributed by atoms with van der Waals surface area (Å²) in [6.45, 7) is 0. The summed E-state index contributed by atoms with van der Waals surface area (Å²) in [4.78, 5) is 0. The van der Waals surface area contributed by atoms with Gasteiger partial charge >= 0.3 is 0 Å². The van der Waals surface area contributed by atoms with Crippen molar-refractivity contribution in [1.82, 2.24) is 0 Å². The van der Waals surface area contributed by atoms with E-state index >= 15 is 0 Å². The molecule has 0 bridgehead atoms. The van der Waals surface area contributed by atoms with E-state index in [-0.39, 0.29) is 0 Å². The Morgan fingerprint density at radius 2 is 1.91 bits per heavy atom. The quantitative estimate of drug-likeness (QED) is 0.710. The molecule has 0 aliphatic rings. The summed E-state index contributed by atoms with van der Waals surface area (Å²) in [5.74, 6) is 0.693. The van der Waals surface area contributed by atoms with Crippen LogP contribution in [0, 0.1) is 5.16 Å². The van der Waals surface area contributed by atoms with Crippen molar-refractivity contribution in [1.29, 1.82) is 5.16 Å². The Kier molecular flexibility index (Phi) is 3.14. The van der Waals surface area contributed by atoms with Gasteiger partial charge in [-0.2, -0.15) is 0 Å². The molecule has 3 nitrogen and oxygen atoms in total. The summed E-state index contributed by atoms with van der Waals surface area (Å²) in [7, 11) is -0.355. The molecule has 0 spiro atoms. The zero-order valence-corrected chi connectivity index (χ0v) is 7.20. The molecule has 0 aromatic heterocycles. The number of hydrogen-bond acceptors (Lipinski definition) is 3. The summed E-state index contributed by atoms with van der Waals surface area (Å²) in [6.07, 6.45) is 0. The van der Waals surface area contributed by atoms with E-state index in [0.717, 1.165) is 0 Å². The fourth-order valence-electron chi connectivity index (χ4n) is 0.637. The van der Waals surface area contributed by atoms with Gasteiger partial charge in [-0.3, -0.25) is 5.16 Å². The van der Waals surface area contributed by atoms with Crippen LogP contribution in [-0.2, 0) is 4.52 Å². The van der Waals surface area contributed by atoms with Crippen LogP contribution in [0.25, 0.3) is 0 Å². The highest BCUT2D eigenvalue weighted by atomic mass is 31.1. The summed E-state index contributed by atoms with van der Waals surface area (Å²) >= 11 is 0. The third-order valence-corrected chi connectivity index (χ3v) is 1.93. The fourth-order valence-corrected chi connectivity index (χ4v) is 1.07. The van der Waals surface area contributed by atoms with E-state index < -0.39 is 8.17 Å². The maximum absolute atomic E-state index is 7.22. The molecule has 0 amide bonds. The SMILES string of the molecule is CO[PH](=N)Oc1ccccc1. The molecule has 0 aliphatic heterocycles. The van der Waals surface area contributed by atoms with E-state index in [2.05, 4.69) is 0 Å². The second-order valence-electron chi connectivity index (χ2n) is 1.91. The van der Waals surface area contributed by atoms with Crippen LogP contribution >= 0.6 is 8.17 Å². The van der Waals surface area contributed by atoms with Crippen molar-refractivity contribution in [2.45, 2.75) is 0 Å². The molecule has 4 heteroatoms. The smallest absolute Gasteiger partial charge is 0.247 e. The molecule has 1 unspecified atom stereocenters. The van der Waals surface area contributed by atoms with Gasteiger partial charge in [0.05, 0.1) is 0 Å². The average Bonchev–Trinajstić information content (AvgIpc) is 2.06. The third-order valence-electron chi connectivity index (χ3n) is 1.14. The zero-order valence-electron chi connectivity index (χ0n) is 6.20. The standard InChI is InChI=1S/C7H10NO2P/c1-9-11(8)10-7-5-3-2-4-6-7/h2-6,8,11H,1H3. The van der Waals surface area contributed by atoms with E-state index in [4.69, 9.17) is 14.2 Å². The highest BCUT2D eigenvalue weighted by Crippen LogP contribution is 2.26. The lowest BCUT2D eigenvalue weighted by atomic mass is 10.3. The largest absolute Gasteiger partial charge is 0.440 e. The summed E-state index contributed by atoms with van der Waals surface area (Å²) in [6, 6.07) is 9.23. The molecule has 60 valence electrons. The van der Waals surface area contributed by atoms with Gasteiger partial charge in [0.1, 0.15) is 5.75 Å². The minimum Gasteiger partial charge on any atom is -0.440 e. The van der Waals surface area contributed by atoms with Crippen molar-refractivity contribution < 1.29 is 9.05 Å². The van der Waals surface area contributed by atoms with Gasteiger partial charge in [-0.25, -0.2) is 0 Å². The summed E-state index contributed by atoms with van der Waals surface area (Å²) < 4.78 is 9.81. The molecule has 1 N–H and O–H groups in total. The molecule has 0 fully saturated rings. The molecule has 11 heavy (non-hydrogen) atoms. The average molecular weight is 171 g/mol. The molecule has 0 aliphatic carbocycles. The third kappa shape index (κ3) is 2.74. The molecule has 0 heterocycles. The molecule has 1 rings (SSSR count). The van der Waals surface area contributed by atoms with Gasteiger partial charge in [-0.05, 0) is 12.1 Å². The number of benzene rings is 1. The van der Waals surface area contributed by atoms with Crippen molar-refractivity contribution >= 4 is 8.17 Å². The first-order chi connectivity index (χ1) is 5.33. The van der Waals surface area contributed by atoms with Crippen LogP contribution in [0.5, 0.6) is 5.75 Å². The minimum absolute atomic E-state index is 0.693. The van der Waals surface area contributed by atoms with Crippen LogP contribution in [0.3, 0.4) is 0 Å². The lowest BCUT2D eigenvalue weighted by Gasteiger charge is -2.04. The Morgan fingerprint density at radius 1 is 1.27 bits per heavy atom. The Labute approximate surface area is 66.4 Å². The number of nitrogens with one attached hydrogen (secondary N) is 1. The van der Waals surface area contributed by atoms with Crippen molar-refractivity contribution in [2.75, 3.05) is 7.11 Å². The van der Waals surface area contributed by atoms with E-state index in [1.165, 1.54) is 7.11 Å². The van der Waals surface area contributed by atoms with Gasteiger partial charge in [0.25, 0.3) is 0 Å². The van der Waals surface area contributed by atoms with Gasteiger partial charge in [-0.15, -0.1) is 0 Å². The minimum atomic E-state index is -1.83. The lowest BCUT2D eigenvalue weighted by Crippen LogP contribution is -1.80. The van der Waals surface area contributed by atoms with Crippen molar-refractivity contribution in [3.8, 4) is 5.75 Å². The number of hydrogen-bond donors (Lipinski definition) is 1. The maximum atomic E-state index is 7.22. The molecule has 1 aromatic rings. The van der Waals surface area contributed by atoms with Crippen LogP contribution in [0.15, 0.2) is 30.3 Å². The second kappa shape index (κ2) is 4.16. The molecule has 0 saturated carbocycles. The summed E-state index contributed by atoms with van der Waals surface area (Å²) in [5.41, 5.74) is 0. The normalized spacial score (nSPS) is 12.5. The molecule has 1 atom stereocenters. The van der Waals surface area contributed by atoms with E-state index in [1.54, 1.807) is 12.1 Å². The molecular formula is C7H10NO2P. The van der Waals surface area contributed by atoms with Gasteiger partial charge in [0.15, 0.2) is 0 Å². The fraction of sp³-hybridized carbons (Fsp3) is 0.143. The van der Waals surface area contributed by atoms with Crippen molar-refractivity contribution in [3.63, 3.8) is 0 Å². The van der Waals surface area contributed by atoms with E-state index in [0.29, 0.717) is 5.75 Å². The maximum Gasteiger partial charge on any atom is 0.247 e. The second-order valence-corrected chi connectivity index (χ2v) is 3.09. The van der Waals surface area contributed by atoms with Crippen molar-refractivity contribution in [3.05, 3.63) is 30.3 Å². The van der Waals surface area contributed by atoms with Crippen LogP contribution < -0.4 is 4.52 Å². The predicted octanol–water partition coefficient (Wildman–Crippen LogP) is 2.52. The highest BCUT2D eigenvalue weighted by Gasteiger charge is 1.92. The predicted molar refractivity (Wildman–Crippen MR) is 45.1 cm³/mol. The van der Waals surface area contributed by atoms with Crippen LogP contribution in [-0.4, -0.2) is 7.11 Å². The first kappa shape index (κ1) is 8.31.